The lowest BCUT2D eigenvalue weighted by Gasteiger charge is -2.10. The van der Waals surface area contributed by atoms with E-state index in [0.717, 1.165) is 29.0 Å². The zero-order chi connectivity index (χ0) is 15.7. The Bertz CT molecular complexity index is 909. The Morgan fingerprint density at radius 1 is 1.09 bits per heavy atom. The highest BCUT2D eigenvalue weighted by atomic mass is 32.1. The SMILES string of the molecule is CCNc1cc2cc3sc(=[NH+]CC)c(C)nc3cc2cc1C. The van der Waals surface area contributed by atoms with Crippen LogP contribution in [0.4, 0.5) is 5.69 Å². The molecule has 1 heterocycles. The van der Waals surface area contributed by atoms with Crippen LogP contribution in [-0.2, 0) is 0 Å². The molecule has 3 rings (SSSR count). The summed E-state index contributed by atoms with van der Waals surface area (Å²) in [7, 11) is 0. The lowest BCUT2D eigenvalue weighted by molar-refractivity contribution is -0.493. The van der Waals surface area contributed by atoms with Gasteiger partial charge in [-0.25, -0.2) is 9.98 Å². The number of rotatable bonds is 3. The van der Waals surface area contributed by atoms with Crippen molar-refractivity contribution in [2.24, 2.45) is 0 Å². The third-order valence-corrected chi connectivity index (χ3v) is 4.99. The van der Waals surface area contributed by atoms with Crippen molar-refractivity contribution in [1.29, 1.82) is 0 Å². The van der Waals surface area contributed by atoms with Crippen LogP contribution in [-0.4, -0.2) is 18.1 Å². The monoisotopic (exact) mass is 312 g/mol. The van der Waals surface area contributed by atoms with Crippen LogP contribution in [0.3, 0.4) is 0 Å². The summed E-state index contributed by atoms with van der Waals surface area (Å²) in [6.07, 6.45) is 0. The maximum atomic E-state index is 4.77. The number of hydrogen-bond acceptors (Lipinski definition) is 3. The second kappa shape index (κ2) is 6.05. The fourth-order valence-corrected chi connectivity index (χ4v) is 3.75. The van der Waals surface area contributed by atoms with Crippen LogP contribution in [0.15, 0.2) is 24.3 Å². The van der Waals surface area contributed by atoms with Crippen molar-refractivity contribution in [2.75, 3.05) is 18.4 Å². The fourth-order valence-electron chi connectivity index (χ4n) is 2.72. The van der Waals surface area contributed by atoms with Gasteiger partial charge < -0.3 is 5.32 Å². The van der Waals surface area contributed by atoms with Gasteiger partial charge in [0.25, 0.3) is 4.67 Å². The molecule has 0 saturated carbocycles. The van der Waals surface area contributed by atoms with Crippen LogP contribution < -0.4 is 15.0 Å². The first-order valence-corrected chi connectivity index (χ1v) is 8.60. The molecule has 22 heavy (non-hydrogen) atoms. The minimum absolute atomic E-state index is 0.919. The number of aromatic nitrogens is 1. The predicted octanol–water partition coefficient (Wildman–Crippen LogP) is 2.50. The summed E-state index contributed by atoms with van der Waals surface area (Å²) in [5.41, 5.74) is 4.64. The van der Waals surface area contributed by atoms with E-state index in [1.807, 2.05) is 0 Å². The number of fused-ring (bicyclic) bond motifs is 2. The summed E-state index contributed by atoms with van der Waals surface area (Å²) < 4.78 is 2.38. The third-order valence-electron chi connectivity index (χ3n) is 3.79. The standard InChI is InChI=1S/C18H21N3S/c1-5-19-15-8-14-10-17-16(9-13(14)7-11(15)3)21-12(4)18(22-17)20-6-2/h7-10,19H,5-6H2,1-4H3/p+1. The van der Waals surface area contributed by atoms with Crippen LogP contribution in [0.1, 0.15) is 25.1 Å². The second-order valence-corrected chi connectivity index (χ2v) is 6.58. The van der Waals surface area contributed by atoms with Crippen molar-refractivity contribution in [1.82, 2.24) is 4.98 Å². The van der Waals surface area contributed by atoms with Crippen LogP contribution >= 0.6 is 11.3 Å². The van der Waals surface area contributed by atoms with Gasteiger partial charge in [0.1, 0.15) is 12.2 Å². The molecule has 0 atom stereocenters. The van der Waals surface area contributed by atoms with E-state index in [9.17, 15) is 0 Å². The topological polar surface area (TPSA) is 38.9 Å². The second-order valence-electron chi connectivity index (χ2n) is 5.52. The van der Waals surface area contributed by atoms with Crippen molar-refractivity contribution < 1.29 is 4.99 Å². The van der Waals surface area contributed by atoms with Gasteiger partial charge in [-0.2, -0.15) is 0 Å². The first kappa shape index (κ1) is 15.0. The number of benzene rings is 2. The molecule has 0 saturated heterocycles. The molecule has 0 aliphatic heterocycles. The Hall–Kier alpha value is -1.94. The van der Waals surface area contributed by atoms with Gasteiger partial charge in [-0.1, -0.05) is 11.3 Å². The number of aryl methyl sites for hydroxylation is 2. The molecule has 0 radical (unpaired) electrons. The summed E-state index contributed by atoms with van der Waals surface area (Å²) in [5, 5.41) is 5.95. The molecule has 1 aromatic heterocycles. The molecule has 2 N–H and O–H groups in total. The Kier molecular flexibility index (Phi) is 4.12. The van der Waals surface area contributed by atoms with Gasteiger partial charge in [0.2, 0.25) is 0 Å². The average Bonchev–Trinajstić information content (AvgIpc) is 2.48. The molecule has 0 spiro atoms. The Morgan fingerprint density at radius 2 is 1.86 bits per heavy atom. The molecule has 2 aromatic carbocycles. The van der Waals surface area contributed by atoms with Crippen molar-refractivity contribution >= 4 is 38.0 Å². The summed E-state index contributed by atoms with van der Waals surface area (Å²) >= 11 is 1.78. The fraction of sp³-hybridized carbons (Fsp3) is 0.333. The summed E-state index contributed by atoms with van der Waals surface area (Å²) in [4.78, 5) is 8.17. The minimum Gasteiger partial charge on any atom is -0.385 e. The predicted molar refractivity (Wildman–Crippen MR) is 95.4 cm³/mol. The molecule has 3 nitrogen and oxygen atoms in total. The first-order chi connectivity index (χ1) is 10.6. The Labute approximate surface area is 134 Å². The van der Waals surface area contributed by atoms with Crippen molar-refractivity contribution in [3.05, 3.63) is 40.2 Å². The van der Waals surface area contributed by atoms with Gasteiger partial charge in [0.15, 0.2) is 0 Å². The number of nitrogens with one attached hydrogen (secondary N) is 2. The maximum Gasteiger partial charge on any atom is 0.276 e. The third kappa shape index (κ3) is 2.71. The molecular weight excluding hydrogens is 290 g/mol. The van der Waals surface area contributed by atoms with Crippen LogP contribution in [0.25, 0.3) is 21.0 Å². The van der Waals surface area contributed by atoms with Gasteiger partial charge in [-0.3, -0.25) is 0 Å². The first-order valence-electron chi connectivity index (χ1n) is 7.79. The molecule has 0 aliphatic rings. The van der Waals surface area contributed by atoms with Gasteiger partial charge in [-0.05, 0) is 68.3 Å². The minimum atomic E-state index is 0.919. The maximum absolute atomic E-state index is 4.77. The largest absolute Gasteiger partial charge is 0.385 e. The Balaban J connectivity index is 2.29. The molecule has 0 unspecified atom stereocenters. The van der Waals surface area contributed by atoms with Gasteiger partial charge >= 0.3 is 0 Å². The van der Waals surface area contributed by atoms with Gasteiger partial charge in [0.05, 0.1) is 10.2 Å². The molecule has 0 amide bonds. The van der Waals surface area contributed by atoms with Crippen LogP contribution in [0, 0.1) is 13.8 Å². The summed E-state index contributed by atoms with van der Waals surface area (Å²) in [6.45, 7) is 10.3. The van der Waals surface area contributed by atoms with E-state index in [1.165, 1.54) is 26.7 Å². The van der Waals surface area contributed by atoms with Crippen molar-refractivity contribution in [2.45, 2.75) is 27.7 Å². The van der Waals surface area contributed by atoms with E-state index in [4.69, 9.17) is 4.98 Å². The van der Waals surface area contributed by atoms with Crippen LogP contribution in [0.2, 0.25) is 0 Å². The molecule has 0 aliphatic carbocycles. The molecule has 114 valence electrons. The van der Waals surface area contributed by atoms with Crippen molar-refractivity contribution in [3.63, 3.8) is 0 Å². The summed E-state index contributed by atoms with van der Waals surface area (Å²) in [6, 6.07) is 8.94. The van der Waals surface area contributed by atoms with Gasteiger partial charge in [0, 0.05) is 12.2 Å². The van der Waals surface area contributed by atoms with Crippen LogP contribution in [0.5, 0.6) is 0 Å². The number of anilines is 1. The van der Waals surface area contributed by atoms with Crippen molar-refractivity contribution in [3.8, 4) is 0 Å². The molecule has 4 heteroatoms. The highest BCUT2D eigenvalue weighted by Gasteiger charge is 2.07. The molecule has 0 bridgehead atoms. The molecular formula is C18H22N3S+. The summed E-state index contributed by atoms with van der Waals surface area (Å²) in [5.74, 6) is 0. The number of nitrogens with zero attached hydrogens (tertiary/aromatic N) is 1. The normalized spacial score (nSPS) is 12.3. The van der Waals surface area contributed by atoms with E-state index in [1.54, 1.807) is 11.3 Å². The molecule has 3 aromatic rings. The molecule has 0 fully saturated rings. The van der Waals surface area contributed by atoms with Gasteiger partial charge in [-0.15, -0.1) is 0 Å². The zero-order valence-electron chi connectivity index (χ0n) is 13.6. The van der Waals surface area contributed by atoms with E-state index < -0.39 is 0 Å². The lowest BCUT2D eigenvalue weighted by Crippen LogP contribution is -2.75. The lowest BCUT2D eigenvalue weighted by atomic mass is 10.1. The average molecular weight is 312 g/mol. The smallest absolute Gasteiger partial charge is 0.276 e. The van der Waals surface area contributed by atoms with E-state index >= 15 is 0 Å². The van der Waals surface area contributed by atoms with E-state index in [0.29, 0.717) is 0 Å². The Morgan fingerprint density at radius 3 is 2.59 bits per heavy atom. The number of hydrogen-bond donors (Lipinski definition) is 2. The van der Waals surface area contributed by atoms with E-state index in [2.05, 4.69) is 62.3 Å². The highest BCUT2D eigenvalue weighted by molar-refractivity contribution is 7.16. The quantitative estimate of drug-likeness (QED) is 0.729. The highest BCUT2D eigenvalue weighted by Crippen LogP contribution is 2.28. The van der Waals surface area contributed by atoms with E-state index in [-0.39, 0.29) is 0 Å². The zero-order valence-corrected chi connectivity index (χ0v) is 14.4.